The third-order valence-electron chi connectivity index (χ3n) is 4.68. The monoisotopic (exact) mass is 466 g/mol. The third-order valence-corrected chi connectivity index (χ3v) is 5.63. The number of carbonyl (C=O) groups is 1. The number of ether oxygens (including phenoxy) is 2. The van der Waals surface area contributed by atoms with E-state index in [9.17, 15) is 13.2 Å². The van der Waals surface area contributed by atoms with E-state index < -0.39 is 15.7 Å². The number of hydrogen-bond acceptors (Lipinski definition) is 7. The summed E-state index contributed by atoms with van der Waals surface area (Å²) >= 11 is 0. The highest BCUT2D eigenvalue weighted by Crippen LogP contribution is 2.30. The fourth-order valence-corrected chi connectivity index (χ4v) is 3.98. The second-order valence-electron chi connectivity index (χ2n) is 7.14. The van der Waals surface area contributed by atoms with Gasteiger partial charge >= 0.3 is 0 Å². The molecule has 3 heterocycles. The van der Waals surface area contributed by atoms with Crippen molar-refractivity contribution in [3.05, 3.63) is 78.2 Å². The molecule has 0 spiro atoms. The van der Waals surface area contributed by atoms with E-state index in [0.717, 1.165) is 11.8 Å². The first-order valence-corrected chi connectivity index (χ1v) is 12.1. The van der Waals surface area contributed by atoms with Gasteiger partial charge in [0.05, 0.1) is 12.1 Å². The van der Waals surface area contributed by atoms with Gasteiger partial charge < -0.3 is 14.8 Å². The summed E-state index contributed by atoms with van der Waals surface area (Å²) < 4.78 is 36.8. The number of imidazole rings is 1. The van der Waals surface area contributed by atoms with Gasteiger partial charge in [-0.15, -0.1) is 0 Å². The summed E-state index contributed by atoms with van der Waals surface area (Å²) in [4.78, 5) is 21.1. The zero-order chi connectivity index (χ0) is 23.4. The maximum Gasteiger partial charge on any atom is 0.272 e. The van der Waals surface area contributed by atoms with Crippen LogP contribution in [0.25, 0.3) is 5.52 Å². The van der Waals surface area contributed by atoms with E-state index in [1.54, 1.807) is 48.8 Å². The van der Waals surface area contributed by atoms with Crippen molar-refractivity contribution in [2.24, 2.45) is 0 Å². The summed E-state index contributed by atoms with van der Waals surface area (Å²) in [6.45, 7) is 2.60. The number of aromatic nitrogens is 3. The number of fused-ring (bicyclic) bond motifs is 1. The molecular formula is C23H22N4O5S. The van der Waals surface area contributed by atoms with E-state index >= 15 is 0 Å². The Morgan fingerprint density at radius 2 is 1.82 bits per heavy atom. The normalized spacial score (nSPS) is 11.3. The van der Waals surface area contributed by atoms with E-state index in [0.29, 0.717) is 29.5 Å². The van der Waals surface area contributed by atoms with Crippen molar-refractivity contribution in [3.63, 3.8) is 0 Å². The molecule has 1 amide bonds. The van der Waals surface area contributed by atoms with Crippen molar-refractivity contribution >= 4 is 21.3 Å². The van der Waals surface area contributed by atoms with Crippen LogP contribution in [0.3, 0.4) is 0 Å². The van der Waals surface area contributed by atoms with Crippen molar-refractivity contribution in [2.75, 3.05) is 12.9 Å². The molecule has 10 heteroatoms. The van der Waals surface area contributed by atoms with E-state index in [1.165, 1.54) is 4.40 Å². The summed E-state index contributed by atoms with van der Waals surface area (Å²) in [5, 5.41) is 2.58. The first kappa shape index (κ1) is 22.3. The molecule has 0 atom stereocenters. The molecule has 0 fully saturated rings. The molecule has 0 radical (unpaired) electrons. The summed E-state index contributed by atoms with van der Waals surface area (Å²) in [5.74, 6) is 1.08. The van der Waals surface area contributed by atoms with E-state index in [1.807, 2.05) is 25.1 Å². The van der Waals surface area contributed by atoms with Gasteiger partial charge in [-0.1, -0.05) is 24.3 Å². The molecular weight excluding hydrogens is 444 g/mol. The van der Waals surface area contributed by atoms with Gasteiger partial charge in [0.2, 0.25) is 20.9 Å². The lowest BCUT2D eigenvalue weighted by Crippen LogP contribution is -2.23. The van der Waals surface area contributed by atoms with Crippen LogP contribution in [0.15, 0.2) is 72.1 Å². The SMILES string of the molecule is CCOc1ccccc1Oc1ccc(CNC(=O)c2nc(S(C)(=O)=O)n3ccccc23)cn1. The molecule has 0 aliphatic rings. The molecule has 4 rings (SSSR count). The Labute approximate surface area is 190 Å². The molecule has 4 aromatic rings. The van der Waals surface area contributed by atoms with Crippen LogP contribution in [0, 0.1) is 0 Å². The highest BCUT2D eigenvalue weighted by molar-refractivity contribution is 7.90. The Kier molecular flexibility index (Phi) is 6.27. The number of amides is 1. The lowest BCUT2D eigenvalue weighted by atomic mass is 10.2. The van der Waals surface area contributed by atoms with Crippen LogP contribution in [-0.4, -0.2) is 41.6 Å². The first-order valence-electron chi connectivity index (χ1n) is 10.2. The number of rotatable bonds is 8. The molecule has 170 valence electrons. The molecule has 33 heavy (non-hydrogen) atoms. The highest BCUT2D eigenvalue weighted by atomic mass is 32.2. The number of nitrogens with one attached hydrogen (secondary N) is 1. The van der Waals surface area contributed by atoms with Crippen molar-refractivity contribution in [1.82, 2.24) is 19.7 Å². The highest BCUT2D eigenvalue weighted by Gasteiger charge is 2.22. The standard InChI is InChI=1S/C23H22N4O5S/c1-3-31-18-9-4-5-10-19(18)32-20-12-11-16(14-24-20)15-25-22(28)21-17-8-6-7-13-27(17)23(26-21)33(2,29)30/h4-14H,3,15H2,1-2H3,(H,25,28). The Hall–Kier alpha value is -3.92. The van der Waals surface area contributed by atoms with E-state index in [4.69, 9.17) is 9.47 Å². The van der Waals surface area contributed by atoms with Crippen LogP contribution in [0.2, 0.25) is 0 Å². The van der Waals surface area contributed by atoms with Gasteiger partial charge in [0.15, 0.2) is 17.2 Å². The van der Waals surface area contributed by atoms with Gasteiger partial charge in [0, 0.05) is 31.3 Å². The van der Waals surface area contributed by atoms with Gasteiger partial charge in [0.25, 0.3) is 5.91 Å². The summed E-state index contributed by atoms with van der Waals surface area (Å²) in [5.41, 5.74) is 1.18. The van der Waals surface area contributed by atoms with Gasteiger partial charge in [-0.25, -0.2) is 18.4 Å². The number of pyridine rings is 2. The largest absolute Gasteiger partial charge is 0.490 e. The molecule has 3 aromatic heterocycles. The van der Waals surface area contributed by atoms with Crippen LogP contribution >= 0.6 is 0 Å². The lowest BCUT2D eigenvalue weighted by Gasteiger charge is -2.11. The van der Waals surface area contributed by atoms with E-state index in [2.05, 4.69) is 15.3 Å². The molecule has 0 unspecified atom stereocenters. The predicted molar refractivity (Wildman–Crippen MR) is 121 cm³/mol. The number of para-hydroxylation sites is 2. The quantitative estimate of drug-likeness (QED) is 0.424. The van der Waals surface area contributed by atoms with Crippen molar-refractivity contribution in [3.8, 4) is 17.4 Å². The minimum atomic E-state index is -3.61. The topological polar surface area (TPSA) is 112 Å². The number of hydrogen-bond donors (Lipinski definition) is 1. The van der Waals surface area contributed by atoms with Crippen LogP contribution in [0.1, 0.15) is 23.0 Å². The lowest BCUT2D eigenvalue weighted by molar-refractivity contribution is 0.0947. The second kappa shape index (κ2) is 9.29. The fraction of sp³-hybridized carbons (Fsp3) is 0.174. The minimum absolute atomic E-state index is 0.0384. The summed E-state index contributed by atoms with van der Waals surface area (Å²) in [7, 11) is -3.61. The first-order chi connectivity index (χ1) is 15.9. The van der Waals surface area contributed by atoms with Crippen LogP contribution in [0.5, 0.6) is 17.4 Å². The van der Waals surface area contributed by atoms with Crippen LogP contribution in [-0.2, 0) is 16.4 Å². The van der Waals surface area contributed by atoms with Crippen LogP contribution in [0.4, 0.5) is 0 Å². The summed E-state index contributed by atoms with van der Waals surface area (Å²) in [6.07, 6.45) is 4.20. The molecule has 0 aliphatic carbocycles. The number of sulfone groups is 1. The van der Waals surface area contributed by atoms with Gasteiger partial charge in [-0.05, 0) is 36.8 Å². The van der Waals surface area contributed by atoms with Crippen molar-refractivity contribution in [2.45, 2.75) is 18.6 Å². The Bertz CT molecular complexity index is 1400. The zero-order valence-corrected chi connectivity index (χ0v) is 18.9. The van der Waals surface area contributed by atoms with Crippen molar-refractivity contribution < 1.29 is 22.7 Å². The smallest absolute Gasteiger partial charge is 0.272 e. The number of benzene rings is 1. The van der Waals surface area contributed by atoms with Crippen LogP contribution < -0.4 is 14.8 Å². The van der Waals surface area contributed by atoms with E-state index in [-0.39, 0.29) is 17.4 Å². The van der Waals surface area contributed by atoms with Gasteiger partial charge in [0.1, 0.15) is 0 Å². The molecule has 1 N–H and O–H groups in total. The molecule has 0 bridgehead atoms. The van der Waals surface area contributed by atoms with Gasteiger partial charge in [-0.3, -0.25) is 9.20 Å². The molecule has 9 nitrogen and oxygen atoms in total. The number of nitrogens with zero attached hydrogens (tertiary/aromatic N) is 3. The molecule has 0 saturated carbocycles. The second-order valence-corrected chi connectivity index (χ2v) is 9.05. The molecule has 1 aromatic carbocycles. The zero-order valence-electron chi connectivity index (χ0n) is 18.1. The Morgan fingerprint density at radius 3 is 2.52 bits per heavy atom. The minimum Gasteiger partial charge on any atom is -0.490 e. The van der Waals surface area contributed by atoms with Crippen molar-refractivity contribution in [1.29, 1.82) is 0 Å². The fourth-order valence-electron chi connectivity index (χ4n) is 3.20. The molecule has 0 aliphatic heterocycles. The third kappa shape index (κ3) is 4.96. The average molecular weight is 467 g/mol. The maximum atomic E-state index is 12.7. The van der Waals surface area contributed by atoms with Gasteiger partial charge in [-0.2, -0.15) is 0 Å². The Balaban J connectivity index is 1.46. The Morgan fingerprint density at radius 1 is 1.06 bits per heavy atom. The average Bonchev–Trinajstić information content (AvgIpc) is 3.20. The summed E-state index contributed by atoms with van der Waals surface area (Å²) in [6, 6.07) is 15.8. The molecule has 0 saturated heterocycles. The maximum absolute atomic E-state index is 12.7. The predicted octanol–water partition coefficient (Wildman–Crippen LogP) is 3.25. The number of carbonyl (C=O) groups excluding carboxylic acids is 1.